The SMILES string of the molecule is CC(C)C1(CC(=O)Cl)C=CC(Cl)=CC1. The lowest BCUT2D eigenvalue weighted by atomic mass is 9.70. The lowest BCUT2D eigenvalue weighted by Gasteiger charge is -2.34. The maximum atomic E-state index is 11.0. The Morgan fingerprint density at radius 1 is 1.64 bits per heavy atom. The Balaban J connectivity index is 2.86. The average molecular weight is 233 g/mol. The molecule has 0 saturated heterocycles. The Morgan fingerprint density at radius 3 is 2.64 bits per heavy atom. The highest BCUT2D eigenvalue weighted by Gasteiger charge is 2.33. The predicted octanol–water partition coefficient (Wildman–Crippen LogP) is 3.87. The van der Waals surface area contributed by atoms with Crippen molar-refractivity contribution in [2.45, 2.75) is 26.7 Å². The van der Waals surface area contributed by atoms with Crippen molar-refractivity contribution in [3.05, 3.63) is 23.3 Å². The first kappa shape index (κ1) is 11.8. The average Bonchev–Trinajstić information content (AvgIpc) is 2.08. The van der Waals surface area contributed by atoms with Crippen LogP contribution in [-0.4, -0.2) is 5.24 Å². The Kier molecular flexibility index (Phi) is 3.79. The molecule has 3 heteroatoms. The molecule has 0 aromatic heterocycles. The Labute approximate surface area is 94.8 Å². The van der Waals surface area contributed by atoms with E-state index >= 15 is 0 Å². The second kappa shape index (κ2) is 4.50. The molecule has 0 fully saturated rings. The second-order valence-electron chi connectivity index (χ2n) is 4.05. The normalized spacial score (nSPS) is 26.5. The number of hydrogen-bond donors (Lipinski definition) is 0. The molecule has 1 aliphatic carbocycles. The molecule has 14 heavy (non-hydrogen) atoms. The van der Waals surface area contributed by atoms with Gasteiger partial charge >= 0.3 is 0 Å². The smallest absolute Gasteiger partial charge is 0.222 e. The van der Waals surface area contributed by atoms with Crippen LogP contribution >= 0.6 is 23.2 Å². The van der Waals surface area contributed by atoms with Gasteiger partial charge in [-0.25, -0.2) is 0 Å². The quantitative estimate of drug-likeness (QED) is 0.676. The zero-order chi connectivity index (χ0) is 10.8. The highest BCUT2D eigenvalue weighted by molar-refractivity contribution is 6.63. The van der Waals surface area contributed by atoms with Crippen molar-refractivity contribution in [2.24, 2.45) is 11.3 Å². The summed E-state index contributed by atoms with van der Waals surface area (Å²) in [6.45, 7) is 4.19. The molecule has 0 N–H and O–H groups in total. The lowest BCUT2D eigenvalue weighted by Crippen LogP contribution is -2.27. The monoisotopic (exact) mass is 232 g/mol. The molecule has 1 aliphatic rings. The minimum Gasteiger partial charge on any atom is -0.281 e. The Bertz CT molecular complexity index is 292. The van der Waals surface area contributed by atoms with Crippen molar-refractivity contribution in [3.63, 3.8) is 0 Å². The summed E-state index contributed by atoms with van der Waals surface area (Å²) < 4.78 is 0. The van der Waals surface area contributed by atoms with Gasteiger partial charge in [0.25, 0.3) is 0 Å². The minimum atomic E-state index is -0.283. The molecule has 0 amide bonds. The topological polar surface area (TPSA) is 17.1 Å². The van der Waals surface area contributed by atoms with Gasteiger partial charge in [0.1, 0.15) is 0 Å². The largest absolute Gasteiger partial charge is 0.281 e. The van der Waals surface area contributed by atoms with Crippen LogP contribution in [0.1, 0.15) is 26.7 Å². The fourth-order valence-electron chi connectivity index (χ4n) is 1.69. The van der Waals surface area contributed by atoms with Gasteiger partial charge in [0, 0.05) is 16.9 Å². The molecule has 1 rings (SSSR count). The van der Waals surface area contributed by atoms with E-state index in [2.05, 4.69) is 13.8 Å². The summed E-state index contributed by atoms with van der Waals surface area (Å²) in [6, 6.07) is 0. The van der Waals surface area contributed by atoms with E-state index in [9.17, 15) is 4.79 Å². The van der Waals surface area contributed by atoms with Gasteiger partial charge in [0.2, 0.25) is 5.24 Å². The number of carbonyl (C=O) groups is 1. The van der Waals surface area contributed by atoms with E-state index < -0.39 is 0 Å². The summed E-state index contributed by atoms with van der Waals surface area (Å²) >= 11 is 11.3. The molecule has 78 valence electrons. The fraction of sp³-hybridized carbons (Fsp3) is 0.545. The molecule has 0 bridgehead atoms. The van der Waals surface area contributed by atoms with E-state index in [-0.39, 0.29) is 10.7 Å². The van der Waals surface area contributed by atoms with E-state index in [1.807, 2.05) is 18.2 Å². The highest BCUT2D eigenvalue weighted by atomic mass is 35.5. The Hall–Kier alpha value is -0.270. The molecular weight excluding hydrogens is 219 g/mol. The van der Waals surface area contributed by atoms with Crippen LogP contribution in [0, 0.1) is 11.3 Å². The lowest BCUT2D eigenvalue weighted by molar-refractivity contribution is -0.113. The molecule has 0 aromatic rings. The first-order valence-corrected chi connectivity index (χ1v) is 5.45. The van der Waals surface area contributed by atoms with Crippen molar-refractivity contribution in [1.82, 2.24) is 0 Å². The van der Waals surface area contributed by atoms with E-state index in [1.165, 1.54) is 0 Å². The van der Waals surface area contributed by atoms with Crippen molar-refractivity contribution in [1.29, 1.82) is 0 Å². The third-order valence-corrected chi connectivity index (χ3v) is 3.28. The molecule has 0 saturated carbocycles. The fourth-order valence-corrected chi connectivity index (χ4v) is 2.08. The first-order valence-electron chi connectivity index (χ1n) is 4.69. The zero-order valence-corrected chi connectivity index (χ0v) is 9.90. The molecule has 0 aromatic carbocycles. The van der Waals surface area contributed by atoms with Crippen LogP contribution in [0.25, 0.3) is 0 Å². The van der Waals surface area contributed by atoms with Crippen LogP contribution in [0.5, 0.6) is 0 Å². The van der Waals surface area contributed by atoms with Crippen molar-refractivity contribution >= 4 is 28.4 Å². The van der Waals surface area contributed by atoms with Crippen molar-refractivity contribution in [3.8, 4) is 0 Å². The first-order chi connectivity index (χ1) is 6.46. The van der Waals surface area contributed by atoms with Crippen LogP contribution in [0.2, 0.25) is 0 Å². The Morgan fingerprint density at radius 2 is 2.29 bits per heavy atom. The third kappa shape index (κ3) is 2.61. The van der Waals surface area contributed by atoms with Crippen LogP contribution in [-0.2, 0) is 4.79 Å². The molecule has 0 aliphatic heterocycles. The van der Waals surface area contributed by atoms with Crippen LogP contribution in [0.3, 0.4) is 0 Å². The van der Waals surface area contributed by atoms with E-state index in [0.717, 1.165) is 11.5 Å². The predicted molar refractivity (Wildman–Crippen MR) is 60.4 cm³/mol. The maximum Gasteiger partial charge on any atom is 0.222 e. The summed E-state index contributed by atoms with van der Waals surface area (Å²) in [5, 5.41) is 0.457. The summed E-state index contributed by atoms with van der Waals surface area (Å²) in [5.74, 6) is 0.377. The number of halogens is 2. The molecule has 0 heterocycles. The maximum absolute atomic E-state index is 11.0. The van der Waals surface area contributed by atoms with Crippen molar-refractivity contribution in [2.75, 3.05) is 0 Å². The number of rotatable bonds is 3. The van der Waals surface area contributed by atoms with Crippen LogP contribution in [0.15, 0.2) is 23.3 Å². The van der Waals surface area contributed by atoms with Crippen LogP contribution in [0.4, 0.5) is 0 Å². The van der Waals surface area contributed by atoms with Gasteiger partial charge in [0.15, 0.2) is 0 Å². The third-order valence-electron chi connectivity index (χ3n) is 2.87. The van der Waals surface area contributed by atoms with E-state index in [0.29, 0.717) is 12.3 Å². The molecule has 0 spiro atoms. The van der Waals surface area contributed by atoms with E-state index in [1.54, 1.807) is 0 Å². The second-order valence-corrected chi connectivity index (χ2v) is 4.90. The number of hydrogen-bond acceptors (Lipinski definition) is 1. The zero-order valence-electron chi connectivity index (χ0n) is 8.39. The minimum absolute atomic E-state index is 0.142. The van der Waals surface area contributed by atoms with E-state index in [4.69, 9.17) is 23.2 Å². The summed E-state index contributed by atoms with van der Waals surface area (Å²) in [7, 11) is 0. The summed E-state index contributed by atoms with van der Waals surface area (Å²) in [4.78, 5) is 11.0. The standard InChI is InChI=1S/C11H14Cl2O/c1-8(2)11(7-10(13)14)5-3-9(12)4-6-11/h3-5,8H,6-7H2,1-2H3. The molecule has 1 unspecified atom stereocenters. The van der Waals surface area contributed by atoms with Crippen LogP contribution < -0.4 is 0 Å². The molecule has 0 radical (unpaired) electrons. The summed E-state index contributed by atoms with van der Waals surface area (Å²) in [5.41, 5.74) is -0.142. The van der Waals surface area contributed by atoms with Gasteiger partial charge in [-0.3, -0.25) is 4.79 Å². The molecule has 1 nitrogen and oxygen atoms in total. The molecule has 1 atom stereocenters. The van der Waals surface area contributed by atoms with Crippen molar-refractivity contribution < 1.29 is 4.79 Å². The van der Waals surface area contributed by atoms with Gasteiger partial charge in [-0.15, -0.1) is 0 Å². The van der Waals surface area contributed by atoms with Gasteiger partial charge < -0.3 is 0 Å². The number of carbonyl (C=O) groups excluding carboxylic acids is 1. The summed E-state index contributed by atoms with van der Waals surface area (Å²) in [6.07, 6.45) is 6.98. The van der Waals surface area contributed by atoms with Gasteiger partial charge in [-0.2, -0.15) is 0 Å². The van der Waals surface area contributed by atoms with Gasteiger partial charge in [-0.05, 0) is 30.0 Å². The highest BCUT2D eigenvalue weighted by Crippen LogP contribution is 2.41. The molecular formula is C11H14Cl2O. The van der Waals surface area contributed by atoms with Gasteiger partial charge in [0.05, 0.1) is 0 Å². The number of allylic oxidation sites excluding steroid dienone is 4. The van der Waals surface area contributed by atoms with Gasteiger partial charge in [-0.1, -0.05) is 37.6 Å².